The Balaban J connectivity index is 2.23. The van der Waals surface area contributed by atoms with Crippen LogP contribution < -0.4 is 5.73 Å². The summed E-state index contributed by atoms with van der Waals surface area (Å²) < 4.78 is 37.3. The van der Waals surface area contributed by atoms with Crippen LogP contribution >= 0.6 is 11.6 Å². The van der Waals surface area contributed by atoms with Crippen LogP contribution in [0.15, 0.2) is 18.2 Å². The van der Waals surface area contributed by atoms with Crippen molar-refractivity contribution < 1.29 is 12.8 Å². The first-order chi connectivity index (χ1) is 9.30. The van der Waals surface area contributed by atoms with Crippen LogP contribution in [0.5, 0.6) is 0 Å². The van der Waals surface area contributed by atoms with E-state index < -0.39 is 21.7 Å². The molecule has 0 spiro atoms. The monoisotopic (exact) mass is 319 g/mol. The molecular formula is C14H19ClFNO2S. The van der Waals surface area contributed by atoms with E-state index >= 15 is 0 Å². The van der Waals surface area contributed by atoms with Gasteiger partial charge in [0, 0.05) is 22.9 Å². The van der Waals surface area contributed by atoms with Gasteiger partial charge in [0.15, 0.2) is 0 Å². The van der Waals surface area contributed by atoms with Gasteiger partial charge in [-0.15, -0.1) is 0 Å². The van der Waals surface area contributed by atoms with Gasteiger partial charge in [0.25, 0.3) is 0 Å². The topological polar surface area (TPSA) is 60.2 Å². The van der Waals surface area contributed by atoms with Gasteiger partial charge >= 0.3 is 0 Å². The van der Waals surface area contributed by atoms with Gasteiger partial charge in [-0.2, -0.15) is 0 Å². The predicted molar refractivity (Wildman–Crippen MR) is 78.9 cm³/mol. The zero-order chi connectivity index (χ0) is 14.9. The quantitative estimate of drug-likeness (QED) is 0.931. The number of halogens is 2. The molecule has 3 nitrogen and oxygen atoms in total. The summed E-state index contributed by atoms with van der Waals surface area (Å²) in [6.07, 6.45) is 3.99. The molecular weight excluding hydrogens is 301 g/mol. The largest absolute Gasteiger partial charge is 0.324 e. The van der Waals surface area contributed by atoms with E-state index in [0.29, 0.717) is 23.4 Å². The van der Waals surface area contributed by atoms with E-state index in [4.69, 9.17) is 17.3 Å². The minimum atomic E-state index is -3.08. The molecule has 112 valence electrons. The van der Waals surface area contributed by atoms with Crippen molar-refractivity contribution in [2.45, 2.75) is 37.0 Å². The van der Waals surface area contributed by atoms with Gasteiger partial charge in [0.1, 0.15) is 15.7 Å². The lowest BCUT2D eigenvalue weighted by Gasteiger charge is -2.32. The maximum Gasteiger partial charge on any atom is 0.150 e. The Labute approximate surface area is 124 Å². The minimum absolute atomic E-state index is 0.0575. The predicted octanol–water partition coefficient (Wildman–Crippen LogP) is 3.08. The standard InChI is InChI=1S/C14H19ClFNO2S/c1-20(18,19)10-5-2-4-9(8-10)14(17)13-11(15)6-3-7-12(13)16/h3,6-7,9-10,14H,2,4-5,8,17H2,1H3. The summed E-state index contributed by atoms with van der Waals surface area (Å²) >= 11 is 6.03. The van der Waals surface area contributed by atoms with Crippen molar-refractivity contribution in [2.75, 3.05) is 6.26 Å². The maximum atomic E-state index is 13.9. The van der Waals surface area contributed by atoms with E-state index in [2.05, 4.69) is 0 Å². The fourth-order valence-corrected chi connectivity index (χ4v) is 4.44. The molecule has 20 heavy (non-hydrogen) atoms. The molecule has 3 atom stereocenters. The Kier molecular flexibility index (Phi) is 4.72. The maximum absolute atomic E-state index is 13.9. The number of rotatable bonds is 3. The molecule has 0 aromatic heterocycles. The normalized spacial score (nSPS) is 25.4. The molecule has 2 N–H and O–H groups in total. The molecule has 2 rings (SSSR count). The van der Waals surface area contributed by atoms with Gasteiger partial charge in [0.2, 0.25) is 0 Å². The Bertz CT molecular complexity index is 571. The Morgan fingerprint density at radius 2 is 2.10 bits per heavy atom. The van der Waals surface area contributed by atoms with Crippen molar-refractivity contribution in [1.82, 2.24) is 0 Å². The Hall–Kier alpha value is -0.650. The Morgan fingerprint density at radius 3 is 2.70 bits per heavy atom. The molecule has 0 bridgehead atoms. The number of hydrogen-bond acceptors (Lipinski definition) is 3. The van der Waals surface area contributed by atoms with Gasteiger partial charge < -0.3 is 5.73 Å². The summed E-state index contributed by atoms with van der Waals surface area (Å²) in [6.45, 7) is 0. The van der Waals surface area contributed by atoms with Crippen LogP contribution in [0.1, 0.15) is 37.3 Å². The first kappa shape index (κ1) is 15.7. The van der Waals surface area contributed by atoms with E-state index in [1.54, 1.807) is 6.07 Å². The lowest BCUT2D eigenvalue weighted by Crippen LogP contribution is -2.33. The summed E-state index contributed by atoms with van der Waals surface area (Å²) in [5.74, 6) is -0.482. The molecule has 1 aromatic carbocycles. The van der Waals surface area contributed by atoms with Crippen LogP contribution in [0.2, 0.25) is 5.02 Å². The lowest BCUT2D eigenvalue weighted by atomic mass is 9.81. The highest BCUT2D eigenvalue weighted by atomic mass is 35.5. The van der Waals surface area contributed by atoms with E-state index in [9.17, 15) is 12.8 Å². The fraction of sp³-hybridized carbons (Fsp3) is 0.571. The molecule has 1 saturated carbocycles. The van der Waals surface area contributed by atoms with Crippen molar-refractivity contribution in [1.29, 1.82) is 0 Å². The van der Waals surface area contributed by atoms with Crippen molar-refractivity contribution in [3.8, 4) is 0 Å². The summed E-state index contributed by atoms with van der Waals surface area (Å²) in [5.41, 5.74) is 6.46. The molecule has 3 unspecified atom stereocenters. The summed E-state index contributed by atoms with van der Waals surface area (Å²) in [6, 6.07) is 3.91. The number of nitrogens with two attached hydrogens (primary N) is 1. The smallest absolute Gasteiger partial charge is 0.150 e. The zero-order valence-electron chi connectivity index (χ0n) is 11.4. The average molecular weight is 320 g/mol. The van der Waals surface area contributed by atoms with Crippen LogP contribution in [0.3, 0.4) is 0 Å². The SMILES string of the molecule is CS(=O)(=O)C1CCCC(C(N)c2c(F)cccc2Cl)C1. The second kappa shape index (κ2) is 6.00. The van der Waals surface area contributed by atoms with Crippen molar-refractivity contribution in [2.24, 2.45) is 11.7 Å². The highest BCUT2D eigenvalue weighted by Gasteiger charge is 2.33. The number of hydrogen-bond donors (Lipinski definition) is 1. The summed E-state index contributed by atoms with van der Waals surface area (Å²) in [5, 5.41) is -0.0724. The van der Waals surface area contributed by atoms with E-state index in [-0.39, 0.29) is 11.2 Å². The molecule has 0 saturated heterocycles. The molecule has 6 heteroatoms. The van der Waals surface area contributed by atoms with Gasteiger partial charge in [-0.1, -0.05) is 24.1 Å². The zero-order valence-corrected chi connectivity index (χ0v) is 12.9. The molecule has 1 aromatic rings. The molecule has 1 aliphatic carbocycles. The summed E-state index contributed by atoms with van der Waals surface area (Å²) in [4.78, 5) is 0. The molecule has 0 radical (unpaired) electrons. The summed E-state index contributed by atoms with van der Waals surface area (Å²) in [7, 11) is -3.08. The molecule has 0 heterocycles. The van der Waals surface area contributed by atoms with E-state index in [1.165, 1.54) is 18.4 Å². The van der Waals surface area contributed by atoms with Gasteiger partial charge in [-0.05, 0) is 37.3 Å². The molecule has 0 aliphatic heterocycles. The number of benzene rings is 1. The third-order valence-electron chi connectivity index (χ3n) is 4.11. The van der Waals surface area contributed by atoms with Crippen molar-refractivity contribution in [3.63, 3.8) is 0 Å². The minimum Gasteiger partial charge on any atom is -0.324 e. The third kappa shape index (κ3) is 3.32. The second-order valence-electron chi connectivity index (χ2n) is 5.54. The third-order valence-corrected chi connectivity index (χ3v) is 6.08. The van der Waals surface area contributed by atoms with E-state index in [1.807, 2.05) is 0 Å². The van der Waals surface area contributed by atoms with Crippen LogP contribution in [0.4, 0.5) is 4.39 Å². The van der Waals surface area contributed by atoms with Gasteiger partial charge in [-0.3, -0.25) is 0 Å². The first-order valence-electron chi connectivity index (χ1n) is 6.69. The second-order valence-corrected chi connectivity index (χ2v) is 8.27. The average Bonchev–Trinajstić information content (AvgIpc) is 2.37. The molecule has 1 fully saturated rings. The van der Waals surface area contributed by atoms with Gasteiger partial charge in [0.05, 0.1) is 5.25 Å². The number of sulfone groups is 1. The lowest BCUT2D eigenvalue weighted by molar-refractivity contribution is 0.304. The van der Waals surface area contributed by atoms with Gasteiger partial charge in [-0.25, -0.2) is 12.8 Å². The van der Waals surface area contributed by atoms with Crippen LogP contribution in [0, 0.1) is 11.7 Å². The molecule has 1 aliphatic rings. The van der Waals surface area contributed by atoms with Crippen molar-refractivity contribution >= 4 is 21.4 Å². The van der Waals surface area contributed by atoms with Crippen molar-refractivity contribution in [3.05, 3.63) is 34.6 Å². The highest BCUT2D eigenvalue weighted by Crippen LogP contribution is 2.38. The molecule has 0 amide bonds. The van der Waals surface area contributed by atoms with Crippen LogP contribution in [-0.2, 0) is 9.84 Å². The highest BCUT2D eigenvalue weighted by molar-refractivity contribution is 7.91. The fourth-order valence-electron chi connectivity index (χ4n) is 2.96. The first-order valence-corrected chi connectivity index (χ1v) is 9.02. The van der Waals surface area contributed by atoms with Crippen LogP contribution in [-0.4, -0.2) is 19.9 Å². The van der Waals surface area contributed by atoms with Crippen LogP contribution in [0.25, 0.3) is 0 Å². The Morgan fingerprint density at radius 1 is 1.40 bits per heavy atom. The van der Waals surface area contributed by atoms with E-state index in [0.717, 1.165) is 12.8 Å².